The lowest BCUT2D eigenvalue weighted by Gasteiger charge is -2.07. The van der Waals surface area contributed by atoms with Gasteiger partial charge in [0.05, 0.1) is 17.9 Å². The lowest BCUT2D eigenvalue weighted by molar-refractivity contribution is 0.0735. The summed E-state index contributed by atoms with van der Waals surface area (Å²) < 4.78 is 25.5. The molecule has 0 aliphatic carbocycles. The molecule has 3 rings (SSSR count). The highest BCUT2D eigenvalue weighted by atomic mass is 19.1. The molecule has 196 valence electrons. The van der Waals surface area contributed by atoms with Gasteiger partial charge in [0.1, 0.15) is 17.2 Å². The maximum atomic E-state index is 14.5. The van der Waals surface area contributed by atoms with Gasteiger partial charge >= 0.3 is 5.97 Å². The summed E-state index contributed by atoms with van der Waals surface area (Å²) in [6, 6.07) is 19.9. The monoisotopic (exact) mass is 504 g/mol. The average molecular weight is 505 g/mol. The van der Waals surface area contributed by atoms with Crippen molar-refractivity contribution >= 4 is 17.3 Å². The van der Waals surface area contributed by atoms with E-state index < -0.39 is 11.8 Å². The van der Waals surface area contributed by atoms with Gasteiger partial charge in [0.25, 0.3) is 0 Å². The number of nitrogens with zero attached hydrogens (tertiary/aromatic N) is 2. The zero-order valence-electron chi connectivity index (χ0n) is 21.7. The Bertz CT molecular complexity index is 1100. The summed E-state index contributed by atoms with van der Waals surface area (Å²) in [5.74, 6) is 0.0119. The molecule has 0 heterocycles. The number of carbonyl (C=O) groups is 1. The van der Waals surface area contributed by atoms with Crippen molar-refractivity contribution in [2.45, 2.75) is 71.1 Å². The summed E-state index contributed by atoms with van der Waals surface area (Å²) in [5, 5.41) is 8.07. The Morgan fingerprint density at radius 2 is 1.38 bits per heavy atom. The van der Waals surface area contributed by atoms with Crippen molar-refractivity contribution in [1.29, 1.82) is 0 Å². The Hall–Kier alpha value is -3.54. The Kier molecular flexibility index (Phi) is 12.3. The smallest absolute Gasteiger partial charge is 0.343 e. The van der Waals surface area contributed by atoms with E-state index in [-0.39, 0.29) is 5.69 Å². The van der Waals surface area contributed by atoms with Crippen LogP contribution in [0.25, 0.3) is 0 Å². The number of carbonyl (C=O) groups excluding carboxylic acids is 1. The second kappa shape index (κ2) is 16.3. The van der Waals surface area contributed by atoms with E-state index in [1.165, 1.54) is 57.4 Å². The van der Waals surface area contributed by atoms with Crippen LogP contribution in [0.3, 0.4) is 0 Å². The normalized spacial score (nSPS) is 11.1. The van der Waals surface area contributed by atoms with Crippen molar-refractivity contribution in [3.8, 4) is 11.5 Å². The molecule has 5 nitrogen and oxygen atoms in total. The predicted octanol–water partition coefficient (Wildman–Crippen LogP) is 9.76. The second-order valence-electron chi connectivity index (χ2n) is 9.09. The molecule has 0 saturated carbocycles. The highest BCUT2D eigenvalue weighted by Crippen LogP contribution is 2.26. The summed E-state index contributed by atoms with van der Waals surface area (Å²) >= 11 is 0. The number of benzene rings is 3. The second-order valence-corrected chi connectivity index (χ2v) is 9.09. The molecule has 0 atom stereocenters. The molecule has 0 unspecified atom stereocenters. The Balaban J connectivity index is 1.37. The van der Waals surface area contributed by atoms with E-state index in [2.05, 4.69) is 17.2 Å². The molecule has 0 fully saturated rings. The van der Waals surface area contributed by atoms with Crippen LogP contribution in [0.15, 0.2) is 83.0 Å². The van der Waals surface area contributed by atoms with Gasteiger partial charge in [0.15, 0.2) is 5.82 Å². The quantitative estimate of drug-likeness (QED) is 0.0844. The van der Waals surface area contributed by atoms with Crippen molar-refractivity contribution in [3.05, 3.63) is 84.2 Å². The van der Waals surface area contributed by atoms with E-state index in [9.17, 15) is 9.18 Å². The summed E-state index contributed by atoms with van der Waals surface area (Å²) in [7, 11) is 0. The number of hydrogen-bond acceptors (Lipinski definition) is 5. The topological polar surface area (TPSA) is 60.2 Å². The number of esters is 1. The van der Waals surface area contributed by atoms with Crippen LogP contribution in [0.5, 0.6) is 11.5 Å². The van der Waals surface area contributed by atoms with Gasteiger partial charge in [-0.2, -0.15) is 5.11 Å². The maximum absolute atomic E-state index is 14.5. The highest BCUT2D eigenvalue weighted by Gasteiger charge is 2.08. The van der Waals surface area contributed by atoms with E-state index in [0.717, 1.165) is 12.8 Å². The van der Waals surface area contributed by atoms with Gasteiger partial charge in [-0.3, -0.25) is 0 Å². The molecule has 0 aliphatic rings. The first kappa shape index (κ1) is 28.0. The number of azo groups is 1. The molecule has 37 heavy (non-hydrogen) atoms. The Labute approximate surface area is 219 Å². The molecule has 0 aliphatic heterocycles. The molecule has 0 aromatic heterocycles. The van der Waals surface area contributed by atoms with E-state index >= 15 is 0 Å². The molecule has 0 amide bonds. The molecular weight excluding hydrogens is 467 g/mol. The van der Waals surface area contributed by atoms with Crippen LogP contribution in [0, 0.1) is 5.82 Å². The SMILES string of the molecule is CCCCCCCCCCCCOc1ccc(N=Nc2ccc(C(=O)Oc3ccccc3)cc2)c(F)c1. The molecule has 3 aromatic rings. The molecule has 0 spiro atoms. The van der Waals surface area contributed by atoms with Gasteiger partial charge < -0.3 is 9.47 Å². The lowest BCUT2D eigenvalue weighted by Crippen LogP contribution is -2.07. The first-order valence-electron chi connectivity index (χ1n) is 13.4. The van der Waals surface area contributed by atoms with Crippen LogP contribution in [0.1, 0.15) is 81.5 Å². The number of para-hydroxylation sites is 1. The van der Waals surface area contributed by atoms with Gasteiger partial charge in [-0.15, -0.1) is 5.11 Å². The molecule has 0 radical (unpaired) electrons. The minimum absolute atomic E-state index is 0.124. The standard InChI is InChI=1S/C31H37FN2O3/c1-2-3-4-5-6-7-8-9-10-14-23-36-28-21-22-30(29(32)24-28)34-33-26-19-17-25(18-20-26)31(35)37-27-15-12-11-13-16-27/h11-13,15-22,24H,2-10,14,23H2,1H3. The van der Waals surface area contributed by atoms with Crippen LogP contribution in [0.4, 0.5) is 15.8 Å². The Morgan fingerprint density at radius 1 is 0.730 bits per heavy atom. The third-order valence-electron chi connectivity index (χ3n) is 6.02. The molecule has 0 bridgehead atoms. The van der Waals surface area contributed by atoms with Crippen molar-refractivity contribution in [2.75, 3.05) is 6.61 Å². The van der Waals surface area contributed by atoms with Crippen molar-refractivity contribution in [2.24, 2.45) is 10.2 Å². The number of unbranched alkanes of at least 4 members (excludes halogenated alkanes) is 9. The Morgan fingerprint density at radius 3 is 2.03 bits per heavy atom. The third-order valence-corrected chi connectivity index (χ3v) is 6.02. The average Bonchev–Trinajstić information content (AvgIpc) is 2.92. The number of rotatable bonds is 16. The summed E-state index contributed by atoms with van der Waals surface area (Å²) in [4.78, 5) is 12.2. The largest absolute Gasteiger partial charge is 0.493 e. The van der Waals surface area contributed by atoms with Gasteiger partial charge in [0.2, 0.25) is 0 Å². The van der Waals surface area contributed by atoms with E-state index in [0.29, 0.717) is 29.4 Å². The number of halogens is 1. The first-order valence-corrected chi connectivity index (χ1v) is 13.4. The number of ether oxygens (including phenoxy) is 2. The van der Waals surface area contributed by atoms with Gasteiger partial charge in [-0.25, -0.2) is 9.18 Å². The zero-order valence-corrected chi connectivity index (χ0v) is 21.7. The highest BCUT2D eigenvalue weighted by molar-refractivity contribution is 5.91. The molecule has 6 heteroatoms. The fourth-order valence-corrected chi connectivity index (χ4v) is 3.87. The van der Waals surface area contributed by atoms with Crippen LogP contribution in [-0.2, 0) is 0 Å². The van der Waals surface area contributed by atoms with Crippen molar-refractivity contribution in [1.82, 2.24) is 0 Å². The minimum atomic E-state index is -0.493. The molecule has 0 saturated heterocycles. The summed E-state index contributed by atoms with van der Waals surface area (Å²) in [6.45, 7) is 2.82. The maximum Gasteiger partial charge on any atom is 0.343 e. The zero-order chi connectivity index (χ0) is 26.1. The van der Waals surface area contributed by atoms with Crippen LogP contribution in [0.2, 0.25) is 0 Å². The van der Waals surface area contributed by atoms with Gasteiger partial charge in [-0.05, 0) is 55.0 Å². The third kappa shape index (κ3) is 10.5. The lowest BCUT2D eigenvalue weighted by atomic mass is 10.1. The first-order chi connectivity index (χ1) is 18.2. The van der Waals surface area contributed by atoms with Crippen molar-refractivity contribution in [3.63, 3.8) is 0 Å². The van der Waals surface area contributed by atoms with Crippen LogP contribution < -0.4 is 9.47 Å². The summed E-state index contributed by atoms with van der Waals surface area (Å²) in [5.41, 5.74) is 1.01. The van der Waals surface area contributed by atoms with E-state index in [4.69, 9.17) is 9.47 Å². The van der Waals surface area contributed by atoms with Crippen LogP contribution >= 0.6 is 0 Å². The molecule has 0 N–H and O–H groups in total. The van der Waals surface area contributed by atoms with Gasteiger partial charge in [-0.1, -0.05) is 82.9 Å². The van der Waals surface area contributed by atoms with Crippen LogP contribution in [-0.4, -0.2) is 12.6 Å². The summed E-state index contributed by atoms with van der Waals surface area (Å²) in [6.07, 6.45) is 12.6. The van der Waals surface area contributed by atoms with E-state index in [1.54, 1.807) is 60.7 Å². The van der Waals surface area contributed by atoms with E-state index in [1.807, 2.05) is 6.07 Å². The van der Waals surface area contributed by atoms with Gasteiger partial charge in [0, 0.05) is 6.07 Å². The predicted molar refractivity (Wildman–Crippen MR) is 146 cm³/mol. The fourth-order valence-electron chi connectivity index (χ4n) is 3.87. The van der Waals surface area contributed by atoms with Crippen molar-refractivity contribution < 1.29 is 18.7 Å². The number of hydrogen-bond donors (Lipinski definition) is 0. The molecular formula is C31H37FN2O3. The molecule has 3 aromatic carbocycles. The fraction of sp³-hybridized carbons (Fsp3) is 0.387. The minimum Gasteiger partial charge on any atom is -0.493 e.